The van der Waals surface area contributed by atoms with Crippen LogP contribution in [0, 0.1) is 0 Å². The smallest absolute Gasteiger partial charge is 0.341 e. The first-order valence-corrected chi connectivity index (χ1v) is 9.81. The number of hydrogen-bond donors (Lipinski definition) is 1. The summed E-state index contributed by atoms with van der Waals surface area (Å²) in [6, 6.07) is 0. The van der Waals surface area contributed by atoms with Crippen molar-refractivity contribution in [3.8, 4) is 0 Å². The third kappa shape index (κ3) is 3.85. The molecule has 6 nitrogen and oxygen atoms in total. The third-order valence-corrected chi connectivity index (χ3v) is 5.99. The van der Waals surface area contributed by atoms with Crippen molar-refractivity contribution in [2.24, 2.45) is 0 Å². The van der Waals surface area contributed by atoms with Crippen LogP contribution in [-0.4, -0.2) is 64.5 Å². The molecule has 3 aliphatic rings. The number of halogens is 3. The van der Waals surface area contributed by atoms with Crippen LogP contribution in [0.3, 0.4) is 0 Å². The topological polar surface area (TPSA) is 53.4 Å². The van der Waals surface area contributed by atoms with Crippen molar-refractivity contribution in [2.45, 2.75) is 50.9 Å². The van der Waals surface area contributed by atoms with E-state index >= 15 is 0 Å². The number of amides is 1. The van der Waals surface area contributed by atoms with Gasteiger partial charge in [-0.3, -0.25) is 4.79 Å². The summed E-state index contributed by atoms with van der Waals surface area (Å²) >= 11 is 0. The van der Waals surface area contributed by atoms with Gasteiger partial charge in [0, 0.05) is 51.6 Å². The highest BCUT2D eigenvalue weighted by Crippen LogP contribution is 2.36. The maximum absolute atomic E-state index is 13.4. The molecular formula is C18H26F3N5O. The van der Waals surface area contributed by atoms with Crippen molar-refractivity contribution in [2.75, 3.05) is 39.3 Å². The molecule has 1 aromatic heterocycles. The first-order valence-electron chi connectivity index (χ1n) is 9.81. The van der Waals surface area contributed by atoms with E-state index in [9.17, 15) is 18.0 Å². The number of fused-ring (bicyclic) bond motifs is 1. The van der Waals surface area contributed by atoms with Gasteiger partial charge in [0.2, 0.25) is 11.7 Å². The van der Waals surface area contributed by atoms with Gasteiger partial charge in [0.25, 0.3) is 0 Å². The SMILES string of the molecule is O=C1CCCN1CCN1CCC(c2nc(C(F)(F)F)n3c2CNCC3)CC1. The van der Waals surface area contributed by atoms with Crippen LogP contribution in [0.4, 0.5) is 13.2 Å². The van der Waals surface area contributed by atoms with Gasteiger partial charge in [-0.05, 0) is 32.4 Å². The second-order valence-electron chi connectivity index (χ2n) is 7.69. The molecule has 150 valence electrons. The van der Waals surface area contributed by atoms with E-state index in [0.29, 0.717) is 37.4 Å². The number of likely N-dealkylation sites (tertiary alicyclic amines) is 2. The zero-order valence-corrected chi connectivity index (χ0v) is 15.4. The van der Waals surface area contributed by atoms with Gasteiger partial charge in [-0.2, -0.15) is 13.2 Å². The largest absolute Gasteiger partial charge is 0.449 e. The average molecular weight is 385 g/mol. The van der Waals surface area contributed by atoms with E-state index in [1.807, 2.05) is 4.90 Å². The Morgan fingerprint density at radius 2 is 1.89 bits per heavy atom. The van der Waals surface area contributed by atoms with Gasteiger partial charge in [-0.1, -0.05) is 0 Å². The minimum absolute atomic E-state index is 0.0759. The Balaban J connectivity index is 1.39. The standard InChI is InChI=1S/C18H26F3N5O/c19-18(20,21)17-23-16(14-12-22-5-9-26(14)17)13-3-7-24(8-4-13)10-11-25-6-1-2-15(25)27/h13,22H,1-12H2. The first kappa shape index (κ1) is 18.7. The summed E-state index contributed by atoms with van der Waals surface area (Å²) < 4.78 is 41.4. The monoisotopic (exact) mass is 385 g/mol. The van der Waals surface area contributed by atoms with Crippen molar-refractivity contribution in [1.29, 1.82) is 0 Å². The average Bonchev–Trinajstić information content (AvgIpc) is 3.24. The van der Waals surface area contributed by atoms with Crippen LogP contribution in [-0.2, 0) is 24.1 Å². The molecule has 4 rings (SSSR count). The molecule has 2 fully saturated rings. The summed E-state index contributed by atoms with van der Waals surface area (Å²) in [7, 11) is 0. The Morgan fingerprint density at radius 3 is 2.56 bits per heavy atom. The molecule has 0 unspecified atom stereocenters. The highest BCUT2D eigenvalue weighted by molar-refractivity contribution is 5.78. The molecule has 0 saturated carbocycles. The predicted molar refractivity (Wildman–Crippen MR) is 93.2 cm³/mol. The van der Waals surface area contributed by atoms with Crippen LogP contribution in [0.25, 0.3) is 0 Å². The summed E-state index contributed by atoms with van der Waals surface area (Å²) in [5.41, 5.74) is 1.33. The van der Waals surface area contributed by atoms with Gasteiger partial charge in [0.05, 0.1) is 11.4 Å². The molecule has 1 aromatic rings. The summed E-state index contributed by atoms with van der Waals surface area (Å²) in [4.78, 5) is 20.0. The number of carbonyl (C=O) groups is 1. The van der Waals surface area contributed by atoms with Crippen molar-refractivity contribution >= 4 is 5.91 Å². The molecule has 1 N–H and O–H groups in total. The lowest BCUT2D eigenvalue weighted by Gasteiger charge is -2.33. The van der Waals surface area contributed by atoms with E-state index in [-0.39, 0.29) is 11.8 Å². The Kier molecular flexibility index (Phi) is 5.15. The van der Waals surface area contributed by atoms with Gasteiger partial charge >= 0.3 is 6.18 Å². The van der Waals surface area contributed by atoms with Crippen LogP contribution in [0.5, 0.6) is 0 Å². The van der Waals surface area contributed by atoms with Crippen molar-refractivity contribution in [3.63, 3.8) is 0 Å². The van der Waals surface area contributed by atoms with Crippen LogP contribution in [0.1, 0.15) is 48.8 Å². The quantitative estimate of drug-likeness (QED) is 0.859. The number of nitrogens with one attached hydrogen (secondary N) is 1. The normalized spacial score (nSPS) is 22.5. The lowest BCUT2D eigenvalue weighted by molar-refractivity contribution is -0.147. The lowest BCUT2D eigenvalue weighted by Crippen LogP contribution is -2.40. The second-order valence-corrected chi connectivity index (χ2v) is 7.69. The van der Waals surface area contributed by atoms with Gasteiger partial charge in [0.1, 0.15) is 0 Å². The number of carbonyl (C=O) groups excluding carboxylic acids is 1. The Morgan fingerprint density at radius 1 is 1.11 bits per heavy atom. The predicted octanol–water partition coefficient (Wildman–Crippen LogP) is 1.81. The second kappa shape index (κ2) is 7.43. The van der Waals surface area contributed by atoms with Crippen molar-refractivity contribution < 1.29 is 18.0 Å². The molecule has 1 amide bonds. The van der Waals surface area contributed by atoms with Crippen molar-refractivity contribution in [1.82, 2.24) is 24.7 Å². The molecule has 27 heavy (non-hydrogen) atoms. The summed E-state index contributed by atoms with van der Waals surface area (Å²) in [5, 5.41) is 3.17. The number of rotatable bonds is 4. The summed E-state index contributed by atoms with van der Waals surface area (Å²) in [6.45, 7) is 5.45. The lowest BCUT2D eigenvalue weighted by atomic mass is 9.92. The third-order valence-electron chi connectivity index (χ3n) is 5.99. The molecule has 0 aliphatic carbocycles. The molecular weight excluding hydrogens is 359 g/mol. The highest BCUT2D eigenvalue weighted by atomic mass is 19.4. The number of piperidine rings is 1. The molecule has 2 saturated heterocycles. The fourth-order valence-electron chi connectivity index (χ4n) is 4.51. The highest BCUT2D eigenvalue weighted by Gasteiger charge is 2.40. The number of alkyl halides is 3. The Bertz CT molecular complexity index is 694. The summed E-state index contributed by atoms with van der Waals surface area (Å²) in [5.74, 6) is -0.433. The van der Waals surface area contributed by atoms with E-state index in [2.05, 4.69) is 15.2 Å². The molecule has 0 aromatic carbocycles. The molecule has 0 spiro atoms. The van der Waals surface area contributed by atoms with Gasteiger partial charge < -0.3 is 19.7 Å². The fourth-order valence-corrected chi connectivity index (χ4v) is 4.51. The van der Waals surface area contributed by atoms with Crippen LogP contribution in [0.2, 0.25) is 0 Å². The van der Waals surface area contributed by atoms with E-state index in [4.69, 9.17) is 0 Å². The zero-order chi connectivity index (χ0) is 19.0. The fraction of sp³-hybridized carbons (Fsp3) is 0.778. The molecule has 0 radical (unpaired) electrons. The van der Waals surface area contributed by atoms with Crippen LogP contribution >= 0.6 is 0 Å². The maximum Gasteiger partial charge on any atom is 0.449 e. The molecule has 9 heteroatoms. The van der Waals surface area contributed by atoms with E-state index < -0.39 is 12.0 Å². The Hall–Kier alpha value is -1.61. The van der Waals surface area contributed by atoms with Crippen LogP contribution < -0.4 is 5.32 Å². The molecule has 0 atom stereocenters. The summed E-state index contributed by atoms with van der Waals surface area (Å²) in [6.07, 6.45) is -1.18. The number of hydrogen-bond acceptors (Lipinski definition) is 4. The molecule has 0 bridgehead atoms. The van der Waals surface area contributed by atoms with Gasteiger partial charge in [-0.25, -0.2) is 4.98 Å². The Labute approximate surface area is 156 Å². The number of nitrogens with zero attached hydrogens (tertiary/aromatic N) is 4. The van der Waals surface area contributed by atoms with Crippen LogP contribution in [0.15, 0.2) is 0 Å². The van der Waals surface area contributed by atoms with E-state index in [1.165, 1.54) is 4.57 Å². The molecule has 4 heterocycles. The number of imidazole rings is 1. The van der Waals surface area contributed by atoms with Crippen molar-refractivity contribution in [3.05, 3.63) is 17.2 Å². The zero-order valence-electron chi connectivity index (χ0n) is 15.4. The minimum Gasteiger partial charge on any atom is -0.341 e. The van der Waals surface area contributed by atoms with Gasteiger partial charge in [-0.15, -0.1) is 0 Å². The first-order chi connectivity index (χ1) is 12.9. The van der Waals surface area contributed by atoms with Gasteiger partial charge in [0.15, 0.2) is 0 Å². The minimum atomic E-state index is -4.41. The van der Waals surface area contributed by atoms with E-state index in [0.717, 1.165) is 52.0 Å². The van der Waals surface area contributed by atoms with E-state index in [1.54, 1.807) is 0 Å². The molecule has 3 aliphatic heterocycles. The number of aromatic nitrogens is 2. The maximum atomic E-state index is 13.4.